The van der Waals surface area contributed by atoms with Gasteiger partial charge in [-0.3, -0.25) is 4.98 Å². The lowest BCUT2D eigenvalue weighted by Gasteiger charge is -2.33. The highest BCUT2D eigenvalue weighted by atomic mass is 14.6. The lowest BCUT2D eigenvalue weighted by atomic mass is 9.44. The molecule has 97 valence electrons. The van der Waals surface area contributed by atoms with Crippen LogP contribution in [0.5, 0.6) is 0 Å². The molecule has 18 heavy (non-hydrogen) atoms. The molecule has 1 aromatic rings. The quantitative estimate of drug-likeness (QED) is 0.656. The van der Waals surface area contributed by atoms with Gasteiger partial charge in [0.15, 0.2) is 0 Å². The van der Waals surface area contributed by atoms with Gasteiger partial charge in [0.05, 0.1) is 0 Å². The maximum atomic E-state index is 4.15. The number of pyridine rings is 1. The van der Waals surface area contributed by atoms with Crippen LogP contribution in [0.4, 0.5) is 0 Å². The highest BCUT2D eigenvalue weighted by Gasteiger charge is 2.26. The summed E-state index contributed by atoms with van der Waals surface area (Å²) in [7, 11) is 2.62. The van der Waals surface area contributed by atoms with E-state index in [9.17, 15) is 0 Å². The van der Waals surface area contributed by atoms with Crippen molar-refractivity contribution in [1.82, 2.24) is 4.98 Å². The van der Waals surface area contributed by atoms with E-state index in [-0.39, 0.29) is 0 Å². The SMILES string of the molecule is CCc1ccc(C)nc1.[B]1C2CCCC1CCC2. The molecule has 0 aromatic carbocycles. The molecule has 2 aliphatic heterocycles. The van der Waals surface area contributed by atoms with Gasteiger partial charge in [-0.1, -0.05) is 63.1 Å². The molecule has 1 radical (unpaired) electrons. The van der Waals surface area contributed by atoms with Crippen LogP contribution in [0.2, 0.25) is 11.6 Å². The van der Waals surface area contributed by atoms with Gasteiger partial charge in [0, 0.05) is 11.9 Å². The van der Waals surface area contributed by atoms with E-state index in [1.54, 1.807) is 0 Å². The van der Waals surface area contributed by atoms with E-state index >= 15 is 0 Å². The molecule has 0 saturated carbocycles. The third kappa shape index (κ3) is 4.15. The zero-order chi connectivity index (χ0) is 12.8. The molecule has 2 heteroatoms. The summed E-state index contributed by atoms with van der Waals surface area (Å²) in [5, 5.41) is 0. The van der Waals surface area contributed by atoms with Crippen molar-refractivity contribution >= 4 is 7.28 Å². The normalized spacial score (nSPS) is 25.7. The molecule has 1 nitrogen and oxygen atoms in total. The molecule has 2 aliphatic rings. The standard InChI is InChI=1S/C8H14B.C8H11N/c1-3-7-5-2-6-8(4-1)9-7;1-3-8-5-4-7(2)9-6-8/h7-8H,1-6H2;4-6H,3H2,1-2H3. The van der Waals surface area contributed by atoms with Crippen LogP contribution in [0, 0.1) is 6.92 Å². The molecule has 2 fully saturated rings. The first kappa shape index (κ1) is 13.6. The lowest BCUT2D eigenvalue weighted by molar-refractivity contribution is 0.455. The van der Waals surface area contributed by atoms with Crippen molar-refractivity contribution in [3.8, 4) is 0 Å². The number of nitrogens with zero attached hydrogens (tertiary/aromatic N) is 1. The molecule has 2 bridgehead atoms. The molecule has 0 aliphatic carbocycles. The van der Waals surface area contributed by atoms with Crippen molar-refractivity contribution < 1.29 is 0 Å². The van der Waals surface area contributed by atoms with Crippen LogP contribution in [0.1, 0.15) is 56.7 Å². The number of hydrogen-bond acceptors (Lipinski definition) is 1. The largest absolute Gasteiger partial charge is 0.261 e. The Morgan fingerprint density at radius 2 is 1.72 bits per heavy atom. The maximum absolute atomic E-state index is 4.15. The average molecular weight is 242 g/mol. The van der Waals surface area contributed by atoms with Crippen molar-refractivity contribution in [2.24, 2.45) is 0 Å². The van der Waals surface area contributed by atoms with E-state index in [1.807, 2.05) is 19.2 Å². The van der Waals surface area contributed by atoms with Crippen LogP contribution in [0.15, 0.2) is 18.3 Å². The van der Waals surface area contributed by atoms with Gasteiger partial charge in [-0.05, 0) is 25.0 Å². The Morgan fingerprint density at radius 3 is 2.11 bits per heavy atom. The van der Waals surface area contributed by atoms with Crippen molar-refractivity contribution in [2.45, 2.75) is 70.4 Å². The van der Waals surface area contributed by atoms with Crippen LogP contribution in [-0.4, -0.2) is 12.3 Å². The molecule has 2 saturated heterocycles. The Balaban J connectivity index is 0.000000134. The van der Waals surface area contributed by atoms with Crippen LogP contribution in [0.3, 0.4) is 0 Å². The Labute approximate surface area is 113 Å². The van der Waals surface area contributed by atoms with Crippen LogP contribution >= 0.6 is 0 Å². The van der Waals surface area contributed by atoms with Crippen LogP contribution < -0.4 is 0 Å². The molecule has 0 spiro atoms. The van der Waals surface area contributed by atoms with E-state index in [1.165, 1.54) is 44.1 Å². The Kier molecular flexibility index (Phi) is 5.28. The molecule has 3 rings (SSSR count). The predicted octanol–water partition coefficient (Wildman–Crippen LogP) is 4.59. The second-order valence-electron chi connectivity index (χ2n) is 5.74. The predicted molar refractivity (Wildman–Crippen MR) is 79.3 cm³/mol. The third-order valence-electron chi connectivity index (χ3n) is 4.22. The molecular formula is C16H25BN. The molecule has 0 atom stereocenters. The van der Waals surface area contributed by atoms with Gasteiger partial charge in [0.1, 0.15) is 7.28 Å². The second kappa shape index (κ2) is 6.96. The zero-order valence-electron chi connectivity index (χ0n) is 11.9. The minimum Gasteiger partial charge on any atom is -0.261 e. The lowest BCUT2D eigenvalue weighted by Crippen LogP contribution is -2.21. The summed E-state index contributed by atoms with van der Waals surface area (Å²) < 4.78 is 0. The summed E-state index contributed by atoms with van der Waals surface area (Å²) in [6, 6.07) is 4.15. The summed E-state index contributed by atoms with van der Waals surface area (Å²) in [5.74, 6) is 2.05. The van der Waals surface area contributed by atoms with Gasteiger partial charge in [0.2, 0.25) is 0 Å². The van der Waals surface area contributed by atoms with E-state index in [4.69, 9.17) is 0 Å². The summed E-state index contributed by atoms with van der Waals surface area (Å²) >= 11 is 0. The number of aryl methyl sites for hydroxylation is 2. The van der Waals surface area contributed by atoms with Crippen molar-refractivity contribution in [1.29, 1.82) is 0 Å². The molecule has 3 heterocycles. The van der Waals surface area contributed by atoms with Gasteiger partial charge in [-0.25, -0.2) is 0 Å². The zero-order valence-corrected chi connectivity index (χ0v) is 11.9. The monoisotopic (exact) mass is 242 g/mol. The smallest absolute Gasteiger partial charge is 0.117 e. The number of hydrogen-bond donors (Lipinski definition) is 0. The fraction of sp³-hybridized carbons (Fsp3) is 0.688. The minimum absolute atomic E-state index is 1.03. The van der Waals surface area contributed by atoms with E-state index in [0.717, 1.165) is 23.7 Å². The molecule has 1 aromatic heterocycles. The van der Waals surface area contributed by atoms with Gasteiger partial charge in [-0.15, -0.1) is 0 Å². The molecule has 0 N–H and O–H groups in total. The fourth-order valence-electron chi connectivity index (χ4n) is 3.05. The maximum Gasteiger partial charge on any atom is 0.117 e. The van der Waals surface area contributed by atoms with Gasteiger partial charge < -0.3 is 0 Å². The number of rotatable bonds is 1. The number of fused-ring (bicyclic) bond motifs is 2. The Hall–Kier alpha value is -0.785. The second-order valence-corrected chi connectivity index (χ2v) is 5.74. The topological polar surface area (TPSA) is 12.9 Å². The van der Waals surface area contributed by atoms with E-state index in [2.05, 4.69) is 25.3 Å². The highest BCUT2D eigenvalue weighted by molar-refractivity contribution is 6.40. The molecule has 0 unspecified atom stereocenters. The summed E-state index contributed by atoms with van der Waals surface area (Å²) in [6.07, 6.45) is 12.0. The first-order valence-corrected chi connectivity index (χ1v) is 7.54. The van der Waals surface area contributed by atoms with Crippen LogP contribution in [0.25, 0.3) is 0 Å². The summed E-state index contributed by atoms with van der Waals surface area (Å²) in [6.45, 7) is 4.13. The first-order valence-electron chi connectivity index (χ1n) is 7.54. The van der Waals surface area contributed by atoms with Gasteiger partial charge >= 0.3 is 0 Å². The van der Waals surface area contributed by atoms with E-state index in [0.29, 0.717) is 0 Å². The third-order valence-corrected chi connectivity index (χ3v) is 4.22. The van der Waals surface area contributed by atoms with Gasteiger partial charge in [0.25, 0.3) is 0 Å². The van der Waals surface area contributed by atoms with Gasteiger partial charge in [-0.2, -0.15) is 0 Å². The minimum atomic E-state index is 1.03. The molecular weight excluding hydrogens is 217 g/mol. The molecule has 0 amide bonds. The van der Waals surface area contributed by atoms with Crippen molar-refractivity contribution in [2.75, 3.05) is 0 Å². The summed E-state index contributed by atoms with van der Waals surface area (Å²) in [5.41, 5.74) is 2.40. The van der Waals surface area contributed by atoms with Crippen LogP contribution in [-0.2, 0) is 6.42 Å². The summed E-state index contributed by atoms with van der Waals surface area (Å²) in [4.78, 5) is 4.15. The average Bonchev–Trinajstić information content (AvgIpc) is 2.41. The first-order chi connectivity index (χ1) is 8.78. The fourth-order valence-corrected chi connectivity index (χ4v) is 3.05. The number of aromatic nitrogens is 1. The highest BCUT2D eigenvalue weighted by Crippen LogP contribution is 2.40. The Morgan fingerprint density at radius 1 is 1.11 bits per heavy atom. The Bertz CT molecular complexity index is 327. The van der Waals surface area contributed by atoms with Crippen molar-refractivity contribution in [3.05, 3.63) is 29.6 Å². The van der Waals surface area contributed by atoms with Crippen molar-refractivity contribution in [3.63, 3.8) is 0 Å². The van der Waals surface area contributed by atoms with E-state index < -0.39 is 0 Å².